The summed E-state index contributed by atoms with van der Waals surface area (Å²) in [4.78, 5) is 4.84. The summed E-state index contributed by atoms with van der Waals surface area (Å²) in [7, 11) is -5.00. The van der Waals surface area contributed by atoms with E-state index in [0.717, 1.165) is 25.3 Å². The Kier molecular flexibility index (Phi) is 6.88. The number of aromatic nitrogens is 1. The lowest BCUT2D eigenvalue weighted by atomic mass is 10.1. The van der Waals surface area contributed by atoms with Crippen LogP contribution < -0.4 is 8.61 Å². The van der Waals surface area contributed by atoms with Crippen LogP contribution in [0.2, 0.25) is 0 Å². The van der Waals surface area contributed by atoms with E-state index in [2.05, 4.69) is 4.98 Å². The van der Waals surface area contributed by atoms with Crippen molar-refractivity contribution in [2.45, 2.75) is 23.6 Å². The Morgan fingerprint density at radius 2 is 1.08 bits per heavy atom. The number of hydrogen-bond donors (Lipinski definition) is 0. The summed E-state index contributed by atoms with van der Waals surface area (Å²) in [6.45, 7) is 3.76. The lowest BCUT2D eigenvalue weighted by Gasteiger charge is -2.24. The zero-order valence-corrected chi connectivity index (χ0v) is 22.1. The van der Waals surface area contributed by atoms with Crippen LogP contribution >= 0.6 is 0 Å². The molecule has 0 bridgehead atoms. The monoisotopic (exact) mass is 521 g/mol. The van der Waals surface area contributed by atoms with E-state index in [4.69, 9.17) is 0 Å². The Morgan fingerprint density at radius 3 is 1.58 bits per heavy atom. The van der Waals surface area contributed by atoms with E-state index in [-0.39, 0.29) is 21.3 Å². The van der Waals surface area contributed by atoms with Gasteiger partial charge < -0.3 is 0 Å². The summed E-state index contributed by atoms with van der Waals surface area (Å²) >= 11 is 0. The Morgan fingerprint density at radius 1 is 0.611 bits per heavy atom. The summed E-state index contributed by atoms with van der Waals surface area (Å²) < 4.78 is 55.8. The molecule has 3 aromatic carbocycles. The second-order valence-corrected chi connectivity index (χ2v) is 12.4. The summed E-state index contributed by atoms with van der Waals surface area (Å²) in [6.07, 6.45) is 0. The zero-order valence-electron chi connectivity index (χ0n) is 20.5. The van der Waals surface area contributed by atoms with Crippen LogP contribution in [0.25, 0.3) is 11.3 Å². The zero-order chi connectivity index (χ0) is 26.1. The molecule has 0 spiro atoms. The third-order valence-electron chi connectivity index (χ3n) is 5.91. The fraction of sp³-hybridized carbons (Fsp3) is 0.148. The number of nitrogens with zero attached hydrogens (tertiary/aromatic N) is 3. The van der Waals surface area contributed by atoms with Gasteiger partial charge in [-0.2, -0.15) is 0 Å². The minimum absolute atomic E-state index is 0.0953. The van der Waals surface area contributed by atoms with Crippen LogP contribution in [0.5, 0.6) is 0 Å². The molecule has 0 aliphatic heterocycles. The minimum Gasteiger partial charge on any atom is -0.269 e. The van der Waals surface area contributed by atoms with E-state index in [9.17, 15) is 16.8 Å². The van der Waals surface area contributed by atoms with Crippen molar-refractivity contribution in [3.05, 3.63) is 102 Å². The fourth-order valence-corrected chi connectivity index (χ4v) is 5.92. The molecule has 1 aromatic heterocycles. The Balaban J connectivity index is 1.84. The first-order valence-corrected chi connectivity index (χ1v) is 14.1. The van der Waals surface area contributed by atoms with Gasteiger partial charge in [-0.1, -0.05) is 65.7 Å². The first-order chi connectivity index (χ1) is 17.0. The Hall–Kier alpha value is -3.69. The molecule has 0 N–H and O–H groups in total. The first kappa shape index (κ1) is 25.4. The quantitative estimate of drug-likeness (QED) is 0.341. The molecule has 186 valence electrons. The summed E-state index contributed by atoms with van der Waals surface area (Å²) in [5.74, 6) is 0.0953. The highest BCUT2D eigenvalue weighted by Crippen LogP contribution is 2.32. The van der Waals surface area contributed by atoms with E-state index in [1.807, 2.05) is 44.2 Å². The molecule has 36 heavy (non-hydrogen) atoms. The Bertz CT molecular complexity index is 1490. The summed E-state index contributed by atoms with van der Waals surface area (Å²) in [5.41, 5.74) is 3.33. The van der Waals surface area contributed by atoms with Crippen LogP contribution in [0.3, 0.4) is 0 Å². The predicted octanol–water partition coefficient (Wildman–Crippen LogP) is 5.02. The molecule has 0 saturated heterocycles. The highest BCUT2D eigenvalue weighted by Gasteiger charge is 2.26. The normalized spacial score (nSPS) is 11.8. The number of sulfonamides is 2. The number of pyridine rings is 1. The third kappa shape index (κ3) is 4.98. The molecule has 0 amide bonds. The second-order valence-electron chi connectivity index (χ2n) is 8.51. The molecule has 7 nitrogen and oxygen atoms in total. The molecular formula is C27H27N3O4S2. The van der Waals surface area contributed by atoms with Crippen molar-refractivity contribution in [2.24, 2.45) is 0 Å². The van der Waals surface area contributed by atoms with E-state index in [1.165, 1.54) is 32.3 Å². The average Bonchev–Trinajstić information content (AvgIpc) is 2.88. The van der Waals surface area contributed by atoms with Crippen LogP contribution in [0.15, 0.2) is 101 Å². The Labute approximate surface area is 212 Å². The minimum atomic E-state index is -3.94. The maximum Gasteiger partial charge on any atom is 0.265 e. The van der Waals surface area contributed by atoms with Crippen LogP contribution in [-0.2, 0) is 20.0 Å². The fourth-order valence-electron chi connectivity index (χ4n) is 3.60. The standard InChI is InChI=1S/C27H27N3O4S2/c1-20-10-14-24(15-11-20)35(31,32)29(3)23-18-26(22-8-6-5-7-9-22)28-27(19-23)30(4)36(33,34)25-16-12-21(2)13-17-25/h5-19H,1-4H3. The van der Waals surface area contributed by atoms with Gasteiger partial charge in [0, 0.05) is 25.7 Å². The van der Waals surface area contributed by atoms with Crippen molar-refractivity contribution >= 4 is 31.6 Å². The van der Waals surface area contributed by atoms with Gasteiger partial charge in [-0.25, -0.2) is 21.8 Å². The molecule has 0 radical (unpaired) electrons. The maximum atomic E-state index is 13.4. The number of rotatable bonds is 7. The van der Waals surface area contributed by atoms with Gasteiger partial charge in [0.2, 0.25) is 0 Å². The largest absolute Gasteiger partial charge is 0.269 e. The highest BCUT2D eigenvalue weighted by atomic mass is 32.2. The van der Waals surface area contributed by atoms with Gasteiger partial charge in [0.1, 0.15) is 5.82 Å². The number of aryl methyl sites for hydroxylation is 2. The first-order valence-electron chi connectivity index (χ1n) is 11.2. The molecular weight excluding hydrogens is 494 g/mol. The van der Waals surface area contributed by atoms with Gasteiger partial charge in [0.15, 0.2) is 0 Å². The average molecular weight is 522 g/mol. The number of hydrogen-bond acceptors (Lipinski definition) is 5. The van der Waals surface area contributed by atoms with Gasteiger partial charge in [0.05, 0.1) is 21.2 Å². The second kappa shape index (κ2) is 9.75. The van der Waals surface area contributed by atoms with Crippen LogP contribution in [0, 0.1) is 13.8 Å². The summed E-state index contributed by atoms with van der Waals surface area (Å²) in [5, 5.41) is 0. The van der Waals surface area contributed by atoms with Gasteiger partial charge in [-0.05, 0) is 44.2 Å². The van der Waals surface area contributed by atoms with Crippen molar-refractivity contribution in [2.75, 3.05) is 22.7 Å². The molecule has 0 aliphatic rings. The molecule has 4 rings (SSSR count). The molecule has 1 heterocycles. The third-order valence-corrected chi connectivity index (χ3v) is 9.49. The van der Waals surface area contributed by atoms with Crippen molar-refractivity contribution in [1.82, 2.24) is 4.98 Å². The van der Waals surface area contributed by atoms with Gasteiger partial charge >= 0.3 is 0 Å². The molecule has 0 saturated carbocycles. The van der Waals surface area contributed by atoms with Gasteiger partial charge in [-0.3, -0.25) is 8.61 Å². The smallest absolute Gasteiger partial charge is 0.265 e. The highest BCUT2D eigenvalue weighted by molar-refractivity contribution is 7.93. The molecule has 0 fully saturated rings. The van der Waals surface area contributed by atoms with Crippen LogP contribution in [0.1, 0.15) is 11.1 Å². The van der Waals surface area contributed by atoms with Crippen molar-refractivity contribution in [3.63, 3.8) is 0 Å². The van der Waals surface area contributed by atoms with Crippen molar-refractivity contribution < 1.29 is 16.8 Å². The molecule has 0 aliphatic carbocycles. The van der Waals surface area contributed by atoms with E-state index < -0.39 is 20.0 Å². The molecule has 0 unspecified atom stereocenters. The van der Waals surface area contributed by atoms with Crippen LogP contribution in [-0.4, -0.2) is 35.9 Å². The van der Waals surface area contributed by atoms with Crippen LogP contribution in [0.4, 0.5) is 11.5 Å². The molecule has 9 heteroatoms. The van der Waals surface area contributed by atoms with E-state index in [1.54, 1.807) is 42.5 Å². The number of anilines is 2. The lowest BCUT2D eigenvalue weighted by Crippen LogP contribution is -2.29. The van der Waals surface area contributed by atoms with E-state index >= 15 is 0 Å². The molecule has 4 aromatic rings. The van der Waals surface area contributed by atoms with Gasteiger partial charge in [-0.15, -0.1) is 0 Å². The summed E-state index contributed by atoms with van der Waals surface area (Å²) in [6, 6.07) is 25.4. The predicted molar refractivity (Wildman–Crippen MR) is 143 cm³/mol. The van der Waals surface area contributed by atoms with Crippen molar-refractivity contribution in [3.8, 4) is 11.3 Å². The topological polar surface area (TPSA) is 87.7 Å². The molecule has 0 atom stereocenters. The number of benzene rings is 3. The van der Waals surface area contributed by atoms with Crippen molar-refractivity contribution in [1.29, 1.82) is 0 Å². The van der Waals surface area contributed by atoms with E-state index in [0.29, 0.717) is 5.69 Å². The lowest BCUT2D eigenvalue weighted by molar-refractivity contribution is 0.593. The maximum absolute atomic E-state index is 13.4. The van der Waals surface area contributed by atoms with Gasteiger partial charge in [0.25, 0.3) is 20.0 Å². The SMILES string of the molecule is Cc1ccc(S(=O)(=O)N(C)c2cc(-c3ccccc3)nc(N(C)S(=O)(=O)c3ccc(C)cc3)c2)cc1.